The maximum absolute atomic E-state index is 13.7. The Labute approximate surface area is 276 Å². The Bertz CT molecular complexity index is 2020. The number of fused-ring (bicyclic) bond motifs is 4. The van der Waals surface area contributed by atoms with E-state index in [1.165, 1.54) is 0 Å². The topological polar surface area (TPSA) is 113 Å². The van der Waals surface area contributed by atoms with Gasteiger partial charge in [0.1, 0.15) is 22.1 Å². The van der Waals surface area contributed by atoms with Crippen molar-refractivity contribution < 1.29 is 9.59 Å². The van der Waals surface area contributed by atoms with Crippen molar-refractivity contribution >= 4 is 79.1 Å². The number of hydrogen-bond acceptors (Lipinski definition) is 7. The minimum atomic E-state index is -0.390. The number of carbonyl (C=O) groups is 2. The maximum Gasteiger partial charge on any atom is 0.254 e. The molecule has 2 unspecified atom stereocenters. The molecule has 0 saturated heterocycles. The van der Waals surface area contributed by atoms with E-state index in [2.05, 4.69) is 10.6 Å². The van der Waals surface area contributed by atoms with Crippen molar-refractivity contribution in [1.82, 2.24) is 35.5 Å². The first-order valence-electron chi connectivity index (χ1n) is 15.2. The highest BCUT2D eigenvalue weighted by molar-refractivity contribution is 6.35. The van der Waals surface area contributed by atoms with Gasteiger partial charge in [0.2, 0.25) is 0 Å². The Kier molecular flexibility index (Phi) is 8.74. The summed E-state index contributed by atoms with van der Waals surface area (Å²) in [5, 5.41) is 7.31. The summed E-state index contributed by atoms with van der Waals surface area (Å²) >= 11 is 12.8. The maximum atomic E-state index is 13.7. The first-order valence-corrected chi connectivity index (χ1v) is 15.9. The number of aromatic nitrogens is 4. The third-order valence-electron chi connectivity index (χ3n) is 8.39. The summed E-state index contributed by atoms with van der Waals surface area (Å²) in [6.45, 7) is 7.84. The molecule has 0 saturated carbocycles. The molecule has 2 amide bonds. The van der Waals surface area contributed by atoms with Gasteiger partial charge in [-0.15, -0.1) is 0 Å². The van der Waals surface area contributed by atoms with Crippen LogP contribution in [0.15, 0.2) is 60.7 Å². The molecule has 0 aliphatic rings. The third kappa shape index (κ3) is 5.70. The standard InChI is InChI=1S/C35H33Cl2N7O2/c1-6-26(40-34(45)20-10-8-12-24-30(20)42-28-18(3)14-16-22(36)32(28)38-24)44(5)27(7-2)41-35(46)21-11-9-13-25-31(21)43-29-19(4)15-17-23(37)33(29)39-25/h8-17,26-27H,6-7H2,1-5H3,(H,40,45)(H,41,46). The van der Waals surface area contributed by atoms with E-state index in [1.54, 1.807) is 36.4 Å². The molecule has 4 aromatic carbocycles. The van der Waals surface area contributed by atoms with Gasteiger partial charge in [-0.2, -0.15) is 0 Å². The number of halogens is 2. The predicted molar refractivity (Wildman–Crippen MR) is 184 cm³/mol. The van der Waals surface area contributed by atoms with Crippen molar-refractivity contribution in [2.45, 2.75) is 52.9 Å². The molecule has 0 aliphatic carbocycles. The highest BCUT2D eigenvalue weighted by Crippen LogP contribution is 2.28. The van der Waals surface area contributed by atoms with Gasteiger partial charge >= 0.3 is 0 Å². The third-order valence-corrected chi connectivity index (χ3v) is 9.00. The normalized spacial score (nSPS) is 13.0. The molecule has 2 N–H and O–H groups in total. The molecule has 6 aromatic rings. The van der Waals surface area contributed by atoms with Gasteiger partial charge in [0.15, 0.2) is 0 Å². The fourth-order valence-electron chi connectivity index (χ4n) is 5.77. The number of aryl methyl sites for hydroxylation is 2. The van der Waals surface area contributed by atoms with Gasteiger partial charge < -0.3 is 10.6 Å². The predicted octanol–water partition coefficient (Wildman–Crippen LogP) is 7.37. The van der Waals surface area contributed by atoms with E-state index in [4.69, 9.17) is 43.1 Å². The van der Waals surface area contributed by atoms with Gasteiger partial charge in [0, 0.05) is 0 Å². The van der Waals surface area contributed by atoms with Crippen LogP contribution in [0, 0.1) is 13.8 Å². The van der Waals surface area contributed by atoms with Crippen LogP contribution in [0.25, 0.3) is 44.1 Å². The Balaban J connectivity index is 1.26. The largest absolute Gasteiger partial charge is 0.336 e. The van der Waals surface area contributed by atoms with Crippen molar-refractivity contribution in [3.63, 3.8) is 0 Å². The van der Waals surface area contributed by atoms with Gasteiger partial charge in [0.05, 0.1) is 55.6 Å². The van der Waals surface area contributed by atoms with Gasteiger partial charge in [-0.25, -0.2) is 19.9 Å². The summed E-state index contributed by atoms with van der Waals surface area (Å²) in [5.74, 6) is -0.576. The lowest BCUT2D eigenvalue weighted by Gasteiger charge is -2.35. The molecule has 9 nitrogen and oxygen atoms in total. The summed E-state index contributed by atoms with van der Waals surface area (Å²) in [7, 11) is 1.88. The molecule has 0 aliphatic heterocycles. The molecule has 0 bridgehead atoms. The number of hydrogen-bond donors (Lipinski definition) is 2. The molecule has 0 fully saturated rings. The molecule has 2 atom stereocenters. The lowest BCUT2D eigenvalue weighted by molar-refractivity contribution is 0.0701. The van der Waals surface area contributed by atoms with Gasteiger partial charge in [-0.3, -0.25) is 14.5 Å². The second-order valence-corrected chi connectivity index (χ2v) is 12.2. The van der Waals surface area contributed by atoms with E-state index in [-0.39, 0.29) is 11.8 Å². The Morgan fingerprint density at radius 1 is 0.630 bits per heavy atom. The van der Waals surface area contributed by atoms with Crippen LogP contribution in [0.3, 0.4) is 0 Å². The van der Waals surface area contributed by atoms with Crippen LogP contribution in [-0.2, 0) is 0 Å². The van der Waals surface area contributed by atoms with Crippen LogP contribution >= 0.6 is 23.2 Å². The smallest absolute Gasteiger partial charge is 0.254 e. The number of nitrogens with zero attached hydrogens (tertiary/aromatic N) is 5. The van der Waals surface area contributed by atoms with E-state index in [0.29, 0.717) is 78.1 Å². The van der Waals surface area contributed by atoms with Crippen LogP contribution in [0.4, 0.5) is 0 Å². The zero-order chi connectivity index (χ0) is 32.7. The first-order chi connectivity index (χ1) is 22.1. The molecule has 11 heteroatoms. The summed E-state index contributed by atoms with van der Waals surface area (Å²) in [4.78, 5) is 48.5. The molecule has 2 heterocycles. The summed E-state index contributed by atoms with van der Waals surface area (Å²) in [6, 6.07) is 18.1. The Morgan fingerprint density at radius 2 is 1.04 bits per heavy atom. The number of para-hydroxylation sites is 2. The van der Waals surface area contributed by atoms with E-state index in [0.717, 1.165) is 11.1 Å². The van der Waals surface area contributed by atoms with Crippen LogP contribution in [-0.4, -0.2) is 56.0 Å². The summed E-state index contributed by atoms with van der Waals surface area (Å²) in [5.41, 5.74) is 7.32. The number of benzene rings is 4. The second kappa shape index (κ2) is 12.7. The minimum absolute atomic E-state index is 0.288. The first kappa shape index (κ1) is 31.5. The molecule has 2 aromatic heterocycles. The van der Waals surface area contributed by atoms with E-state index < -0.39 is 12.3 Å². The number of rotatable bonds is 8. The fraction of sp³-hybridized carbons (Fsp3) is 0.257. The molecule has 6 rings (SSSR count). The van der Waals surface area contributed by atoms with Gasteiger partial charge in [-0.1, -0.05) is 61.3 Å². The fourth-order valence-corrected chi connectivity index (χ4v) is 6.16. The molecule has 234 valence electrons. The van der Waals surface area contributed by atoms with Crippen molar-refractivity contribution in [2.75, 3.05) is 7.05 Å². The average Bonchev–Trinajstić information content (AvgIpc) is 3.07. The monoisotopic (exact) mass is 653 g/mol. The lowest BCUT2D eigenvalue weighted by atomic mass is 10.1. The number of nitrogens with one attached hydrogen (secondary N) is 2. The van der Waals surface area contributed by atoms with Gasteiger partial charge in [0.25, 0.3) is 11.8 Å². The molecule has 0 spiro atoms. The molecular formula is C35H33Cl2N7O2. The zero-order valence-electron chi connectivity index (χ0n) is 26.2. The van der Waals surface area contributed by atoms with Crippen molar-refractivity contribution in [1.29, 1.82) is 0 Å². The zero-order valence-corrected chi connectivity index (χ0v) is 27.7. The average molecular weight is 655 g/mol. The van der Waals surface area contributed by atoms with Crippen molar-refractivity contribution in [3.05, 3.63) is 93.0 Å². The van der Waals surface area contributed by atoms with Gasteiger partial charge in [-0.05, 0) is 81.3 Å². The summed E-state index contributed by atoms with van der Waals surface area (Å²) in [6.07, 6.45) is 0.403. The van der Waals surface area contributed by atoms with Crippen molar-refractivity contribution in [2.24, 2.45) is 0 Å². The van der Waals surface area contributed by atoms with Crippen LogP contribution in [0.2, 0.25) is 10.0 Å². The Hall–Kier alpha value is -4.44. The van der Waals surface area contributed by atoms with Crippen molar-refractivity contribution in [3.8, 4) is 0 Å². The second-order valence-electron chi connectivity index (χ2n) is 11.4. The van der Waals surface area contributed by atoms with E-state index >= 15 is 0 Å². The molecule has 46 heavy (non-hydrogen) atoms. The highest BCUT2D eigenvalue weighted by atomic mass is 35.5. The number of carbonyl (C=O) groups excluding carboxylic acids is 2. The SMILES string of the molecule is CCC(NC(=O)c1cccc2nc3c(Cl)ccc(C)c3nc12)N(C)C(CC)NC(=O)c1cccc2nc3c(Cl)ccc(C)c3nc12. The highest BCUT2D eigenvalue weighted by Gasteiger charge is 2.26. The summed E-state index contributed by atoms with van der Waals surface area (Å²) < 4.78 is 0. The van der Waals surface area contributed by atoms with E-state index in [1.807, 2.05) is 63.9 Å². The quantitative estimate of drug-likeness (QED) is 0.130. The van der Waals surface area contributed by atoms with Crippen LogP contribution in [0.5, 0.6) is 0 Å². The minimum Gasteiger partial charge on any atom is -0.336 e. The number of amides is 2. The lowest BCUT2D eigenvalue weighted by Crippen LogP contribution is -2.55. The molecule has 0 radical (unpaired) electrons. The van der Waals surface area contributed by atoms with Crippen LogP contribution < -0.4 is 10.6 Å². The molecular weight excluding hydrogens is 621 g/mol. The Morgan fingerprint density at radius 3 is 1.43 bits per heavy atom. The van der Waals surface area contributed by atoms with E-state index in [9.17, 15) is 9.59 Å². The van der Waals surface area contributed by atoms with Crippen LogP contribution in [0.1, 0.15) is 58.5 Å².